The molecule has 2 aromatic carbocycles. The van der Waals surface area contributed by atoms with Crippen molar-refractivity contribution >= 4 is 17.4 Å². The zero-order chi connectivity index (χ0) is 15.5. The maximum absolute atomic E-state index is 12.3. The Morgan fingerprint density at radius 2 is 1.59 bits per heavy atom. The summed E-state index contributed by atoms with van der Waals surface area (Å²) in [5.74, 6) is -0.942. The number of hydrogen-bond donors (Lipinski definition) is 2. The Hall–Kier alpha value is -2.88. The molecule has 3 N–H and O–H groups in total. The fraction of sp³-hybridized carbons (Fsp3) is 0.111. The van der Waals surface area contributed by atoms with Crippen LogP contribution in [0.25, 0.3) is 5.57 Å². The number of primary amides is 1. The summed E-state index contributed by atoms with van der Waals surface area (Å²) in [6, 6.07) is 16.6. The van der Waals surface area contributed by atoms with Crippen LogP contribution < -0.4 is 11.1 Å². The largest absolute Gasteiger partial charge is 0.364 e. The average molecular weight is 292 g/mol. The van der Waals surface area contributed by atoms with Gasteiger partial charge in [-0.15, -0.1) is 0 Å². The number of amides is 2. The van der Waals surface area contributed by atoms with Crippen LogP contribution in [0, 0.1) is 0 Å². The molecule has 1 aliphatic rings. The highest BCUT2D eigenvalue weighted by Crippen LogP contribution is 2.33. The summed E-state index contributed by atoms with van der Waals surface area (Å²) >= 11 is 0. The van der Waals surface area contributed by atoms with Crippen molar-refractivity contribution < 1.29 is 9.59 Å². The smallest absolute Gasteiger partial charge is 0.265 e. The molecule has 0 saturated heterocycles. The zero-order valence-corrected chi connectivity index (χ0v) is 12.0. The number of fused-ring (bicyclic) bond motifs is 1. The third kappa shape index (κ3) is 2.63. The van der Waals surface area contributed by atoms with E-state index in [-0.39, 0.29) is 11.6 Å². The first-order valence-corrected chi connectivity index (χ1v) is 7.14. The fourth-order valence-electron chi connectivity index (χ4n) is 2.75. The number of carbonyl (C=O) groups is 2. The Bertz CT molecular complexity index is 764. The van der Waals surface area contributed by atoms with Gasteiger partial charge in [-0.3, -0.25) is 9.59 Å². The Morgan fingerprint density at radius 1 is 0.909 bits per heavy atom. The first kappa shape index (κ1) is 14.1. The standard InChI is InChI=1S/C18H16N2O2/c19-17(21)16(20-18(22)13-7-2-1-3-8-13)15-11-10-12-6-4-5-9-14(12)15/h1-9H,10-11H2,(H2,19,21)(H,20,22)/b16-15-. The summed E-state index contributed by atoms with van der Waals surface area (Å²) in [5.41, 5.74) is 9.15. The number of carbonyl (C=O) groups excluding carboxylic acids is 2. The summed E-state index contributed by atoms with van der Waals surface area (Å²) in [5, 5.41) is 2.68. The van der Waals surface area contributed by atoms with Crippen molar-refractivity contribution in [3.05, 3.63) is 77.0 Å². The summed E-state index contributed by atoms with van der Waals surface area (Å²) in [4.78, 5) is 24.1. The van der Waals surface area contributed by atoms with Crippen molar-refractivity contribution in [3.63, 3.8) is 0 Å². The molecule has 0 fully saturated rings. The molecule has 0 heterocycles. The summed E-state index contributed by atoms with van der Waals surface area (Å²) in [7, 11) is 0. The minimum atomic E-state index is -0.615. The highest BCUT2D eigenvalue weighted by molar-refractivity contribution is 6.07. The number of rotatable bonds is 3. The Morgan fingerprint density at radius 3 is 2.32 bits per heavy atom. The predicted octanol–water partition coefficient (Wildman–Crippen LogP) is 2.26. The molecule has 3 rings (SSSR count). The van der Waals surface area contributed by atoms with Gasteiger partial charge in [0.25, 0.3) is 11.8 Å². The summed E-state index contributed by atoms with van der Waals surface area (Å²) < 4.78 is 0. The van der Waals surface area contributed by atoms with Crippen LogP contribution in [-0.2, 0) is 11.2 Å². The van der Waals surface area contributed by atoms with Gasteiger partial charge >= 0.3 is 0 Å². The molecule has 0 radical (unpaired) electrons. The van der Waals surface area contributed by atoms with Gasteiger partial charge in [-0.1, -0.05) is 42.5 Å². The lowest BCUT2D eigenvalue weighted by atomic mass is 10.0. The molecular weight excluding hydrogens is 276 g/mol. The molecule has 2 aromatic rings. The lowest BCUT2D eigenvalue weighted by molar-refractivity contribution is -0.114. The number of benzene rings is 2. The van der Waals surface area contributed by atoms with Crippen LogP contribution in [0.5, 0.6) is 0 Å². The third-order valence-corrected chi connectivity index (χ3v) is 3.81. The van der Waals surface area contributed by atoms with Gasteiger partial charge in [0.1, 0.15) is 5.70 Å². The van der Waals surface area contributed by atoms with Crippen LogP contribution in [0.3, 0.4) is 0 Å². The van der Waals surface area contributed by atoms with E-state index in [4.69, 9.17) is 5.73 Å². The van der Waals surface area contributed by atoms with Crippen LogP contribution in [0.2, 0.25) is 0 Å². The van der Waals surface area contributed by atoms with E-state index < -0.39 is 5.91 Å². The van der Waals surface area contributed by atoms with E-state index in [0.717, 1.165) is 17.6 Å². The lowest BCUT2D eigenvalue weighted by Crippen LogP contribution is -2.32. The number of allylic oxidation sites excluding steroid dienone is 1. The van der Waals surface area contributed by atoms with Crippen molar-refractivity contribution in [3.8, 4) is 0 Å². The molecule has 0 saturated carbocycles. The molecule has 0 spiro atoms. The maximum atomic E-state index is 12.3. The van der Waals surface area contributed by atoms with Gasteiger partial charge in [0.15, 0.2) is 0 Å². The fourth-order valence-corrected chi connectivity index (χ4v) is 2.75. The van der Waals surface area contributed by atoms with Gasteiger partial charge in [-0.05, 0) is 41.7 Å². The first-order chi connectivity index (χ1) is 10.7. The summed E-state index contributed by atoms with van der Waals surface area (Å²) in [6.07, 6.45) is 1.55. The second-order valence-corrected chi connectivity index (χ2v) is 5.20. The molecule has 110 valence electrons. The second kappa shape index (κ2) is 5.85. The molecular formula is C18H16N2O2. The highest BCUT2D eigenvalue weighted by Gasteiger charge is 2.23. The van der Waals surface area contributed by atoms with Gasteiger partial charge in [-0.25, -0.2) is 0 Å². The van der Waals surface area contributed by atoms with E-state index in [1.807, 2.05) is 30.3 Å². The predicted molar refractivity (Wildman–Crippen MR) is 84.8 cm³/mol. The molecule has 0 unspecified atom stereocenters. The van der Waals surface area contributed by atoms with E-state index >= 15 is 0 Å². The van der Waals surface area contributed by atoms with E-state index in [1.54, 1.807) is 24.3 Å². The molecule has 2 amide bonds. The highest BCUT2D eigenvalue weighted by atomic mass is 16.2. The molecule has 0 aromatic heterocycles. The van der Waals surface area contributed by atoms with Crippen LogP contribution in [0.15, 0.2) is 60.3 Å². The zero-order valence-electron chi connectivity index (χ0n) is 12.0. The number of aryl methyl sites for hydroxylation is 1. The lowest BCUT2D eigenvalue weighted by Gasteiger charge is -2.11. The van der Waals surface area contributed by atoms with Gasteiger partial charge < -0.3 is 11.1 Å². The van der Waals surface area contributed by atoms with Crippen LogP contribution in [0.4, 0.5) is 0 Å². The van der Waals surface area contributed by atoms with Gasteiger partial charge in [0.2, 0.25) is 0 Å². The van der Waals surface area contributed by atoms with Crippen molar-refractivity contribution in [2.75, 3.05) is 0 Å². The molecule has 4 heteroatoms. The topological polar surface area (TPSA) is 72.2 Å². The third-order valence-electron chi connectivity index (χ3n) is 3.81. The van der Waals surface area contributed by atoms with Gasteiger partial charge in [-0.2, -0.15) is 0 Å². The molecule has 4 nitrogen and oxygen atoms in total. The molecule has 0 bridgehead atoms. The van der Waals surface area contributed by atoms with E-state index in [0.29, 0.717) is 12.0 Å². The Balaban J connectivity index is 1.97. The molecule has 0 atom stereocenters. The van der Waals surface area contributed by atoms with Crippen molar-refractivity contribution in [2.45, 2.75) is 12.8 Å². The van der Waals surface area contributed by atoms with E-state index in [1.165, 1.54) is 5.56 Å². The molecule has 1 aliphatic carbocycles. The quantitative estimate of drug-likeness (QED) is 0.852. The van der Waals surface area contributed by atoms with Crippen LogP contribution in [0.1, 0.15) is 27.9 Å². The van der Waals surface area contributed by atoms with Gasteiger partial charge in [0.05, 0.1) is 0 Å². The van der Waals surface area contributed by atoms with Crippen molar-refractivity contribution in [1.82, 2.24) is 5.32 Å². The normalized spacial score (nSPS) is 15.1. The Labute approximate surface area is 128 Å². The van der Waals surface area contributed by atoms with Crippen LogP contribution >= 0.6 is 0 Å². The summed E-state index contributed by atoms with van der Waals surface area (Å²) in [6.45, 7) is 0. The van der Waals surface area contributed by atoms with Gasteiger partial charge in [0, 0.05) is 5.56 Å². The van der Waals surface area contributed by atoms with Crippen molar-refractivity contribution in [2.24, 2.45) is 5.73 Å². The molecule has 0 aliphatic heterocycles. The molecule has 22 heavy (non-hydrogen) atoms. The van der Waals surface area contributed by atoms with Crippen molar-refractivity contribution in [1.29, 1.82) is 0 Å². The number of nitrogens with two attached hydrogens (primary N) is 1. The minimum Gasteiger partial charge on any atom is -0.364 e. The first-order valence-electron chi connectivity index (χ1n) is 7.14. The Kier molecular flexibility index (Phi) is 3.74. The number of nitrogens with one attached hydrogen (secondary N) is 1. The van der Waals surface area contributed by atoms with E-state index in [9.17, 15) is 9.59 Å². The second-order valence-electron chi connectivity index (χ2n) is 5.20. The minimum absolute atomic E-state index is 0.193. The SMILES string of the molecule is NC(=O)/C(NC(=O)c1ccccc1)=C1\CCc2ccccc21. The number of hydrogen-bond acceptors (Lipinski definition) is 2. The monoisotopic (exact) mass is 292 g/mol. The maximum Gasteiger partial charge on any atom is 0.265 e. The van der Waals surface area contributed by atoms with E-state index in [2.05, 4.69) is 5.32 Å². The van der Waals surface area contributed by atoms with Crippen LogP contribution in [-0.4, -0.2) is 11.8 Å². The average Bonchev–Trinajstić information content (AvgIpc) is 2.96.